The van der Waals surface area contributed by atoms with Gasteiger partial charge in [-0.3, -0.25) is 0 Å². The van der Waals surface area contributed by atoms with Crippen molar-refractivity contribution in [1.29, 1.82) is 0 Å². The van der Waals surface area contributed by atoms with Gasteiger partial charge in [-0.05, 0) is 30.9 Å². The van der Waals surface area contributed by atoms with Gasteiger partial charge in [0.1, 0.15) is 5.75 Å². The fourth-order valence-electron chi connectivity index (χ4n) is 1.58. The minimum absolute atomic E-state index is 0.0478. The minimum atomic E-state index is -2.55. The van der Waals surface area contributed by atoms with Gasteiger partial charge in [0.25, 0.3) is 5.97 Å². The van der Waals surface area contributed by atoms with Crippen LogP contribution >= 0.6 is 0 Å². The summed E-state index contributed by atoms with van der Waals surface area (Å²) < 4.78 is 0. The van der Waals surface area contributed by atoms with E-state index in [0.29, 0.717) is 12.2 Å². The lowest BCUT2D eigenvalue weighted by Gasteiger charge is -2.13. The topological polar surface area (TPSA) is 80.9 Å². The van der Waals surface area contributed by atoms with Gasteiger partial charge in [0.15, 0.2) is 0 Å². The van der Waals surface area contributed by atoms with Crippen molar-refractivity contribution in [3.8, 4) is 5.75 Å². The van der Waals surface area contributed by atoms with Crippen molar-refractivity contribution >= 4 is 0 Å². The molecule has 1 aromatic rings. The van der Waals surface area contributed by atoms with Gasteiger partial charge in [-0.25, -0.2) is 0 Å². The zero-order valence-corrected chi connectivity index (χ0v) is 9.13. The summed E-state index contributed by atoms with van der Waals surface area (Å²) >= 11 is 0. The predicted molar refractivity (Wildman–Crippen MR) is 59.7 cm³/mol. The Bertz CT molecular complexity index is 317. The molecule has 0 aromatic heterocycles. The van der Waals surface area contributed by atoms with E-state index in [1.165, 1.54) is 0 Å². The number of phenolic OH excluding ortho intramolecular Hbond substituents is 1. The first-order chi connectivity index (χ1) is 7.49. The first-order valence-electron chi connectivity index (χ1n) is 5.43. The van der Waals surface area contributed by atoms with Crippen LogP contribution in [0.2, 0.25) is 0 Å². The second-order valence-electron chi connectivity index (χ2n) is 3.96. The number of para-hydroxylation sites is 1. The summed E-state index contributed by atoms with van der Waals surface area (Å²) in [4.78, 5) is 0. The van der Waals surface area contributed by atoms with Crippen LogP contribution in [0.1, 0.15) is 31.2 Å². The molecular weight excluding hydrogens is 208 g/mol. The molecule has 0 bridgehead atoms. The molecule has 0 aliphatic rings. The molecular formula is C12H18O4. The molecule has 0 saturated carbocycles. The zero-order valence-electron chi connectivity index (χ0n) is 9.13. The summed E-state index contributed by atoms with van der Waals surface area (Å²) in [6.07, 6.45) is 2.86. The van der Waals surface area contributed by atoms with Crippen LogP contribution < -0.4 is 0 Å². The van der Waals surface area contributed by atoms with Gasteiger partial charge in [0, 0.05) is 6.42 Å². The summed E-state index contributed by atoms with van der Waals surface area (Å²) in [6.45, 7) is 0. The number of benzene rings is 1. The third-order valence-corrected chi connectivity index (χ3v) is 2.45. The third kappa shape index (κ3) is 5.11. The smallest absolute Gasteiger partial charge is 0.275 e. The van der Waals surface area contributed by atoms with Crippen molar-refractivity contribution in [3.63, 3.8) is 0 Å². The van der Waals surface area contributed by atoms with E-state index in [1.54, 1.807) is 12.1 Å². The minimum Gasteiger partial charge on any atom is -0.508 e. The van der Waals surface area contributed by atoms with E-state index < -0.39 is 5.97 Å². The van der Waals surface area contributed by atoms with Crippen LogP contribution in [0, 0.1) is 0 Å². The lowest BCUT2D eigenvalue weighted by atomic mass is 10.0. The van der Waals surface area contributed by atoms with Gasteiger partial charge in [-0.1, -0.05) is 24.6 Å². The molecule has 0 radical (unpaired) electrons. The molecule has 4 N–H and O–H groups in total. The average molecular weight is 226 g/mol. The second kappa shape index (κ2) is 5.84. The first-order valence-corrected chi connectivity index (χ1v) is 5.43. The predicted octanol–water partition coefficient (Wildman–Crippen LogP) is 1.13. The van der Waals surface area contributed by atoms with Crippen molar-refractivity contribution in [3.05, 3.63) is 29.8 Å². The van der Waals surface area contributed by atoms with Crippen LogP contribution in [-0.2, 0) is 6.42 Å². The standard InChI is InChI=1S/C12H18O4/c13-11-8-4-3-7-10(11)6-2-1-5-9-12(14,15)16/h3-4,7-8,13-16H,1-2,5-6,9H2. The molecule has 90 valence electrons. The normalized spacial score (nSPS) is 11.7. The van der Waals surface area contributed by atoms with Gasteiger partial charge in [-0.2, -0.15) is 0 Å². The van der Waals surface area contributed by atoms with E-state index in [9.17, 15) is 5.11 Å². The van der Waals surface area contributed by atoms with Crippen LogP contribution in [0.5, 0.6) is 5.75 Å². The Hall–Kier alpha value is -1.10. The fourth-order valence-corrected chi connectivity index (χ4v) is 1.58. The zero-order chi connectivity index (χ0) is 12.0. The molecule has 1 aromatic carbocycles. The molecule has 0 fully saturated rings. The maximum Gasteiger partial charge on any atom is 0.275 e. The largest absolute Gasteiger partial charge is 0.508 e. The number of aryl methyl sites for hydroxylation is 1. The van der Waals surface area contributed by atoms with Crippen LogP contribution in [-0.4, -0.2) is 26.4 Å². The number of rotatable bonds is 6. The Morgan fingerprint density at radius 1 is 0.938 bits per heavy atom. The van der Waals surface area contributed by atoms with Crippen LogP contribution in [0.15, 0.2) is 24.3 Å². The number of phenols is 1. The summed E-state index contributed by atoms with van der Waals surface area (Å²) in [5, 5.41) is 35.4. The highest BCUT2D eigenvalue weighted by molar-refractivity contribution is 5.31. The quantitative estimate of drug-likeness (QED) is 0.433. The second-order valence-corrected chi connectivity index (χ2v) is 3.96. The maximum absolute atomic E-state index is 9.48. The molecule has 0 unspecified atom stereocenters. The Labute approximate surface area is 94.8 Å². The first kappa shape index (κ1) is 13.0. The average Bonchev–Trinajstić information content (AvgIpc) is 2.18. The number of hydrogen-bond donors (Lipinski definition) is 4. The van der Waals surface area contributed by atoms with E-state index in [2.05, 4.69) is 0 Å². The number of unbranched alkanes of at least 4 members (excludes halogenated alkanes) is 2. The lowest BCUT2D eigenvalue weighted by molar-refractivity contribution is -0.315. The van der Waals surface area contributed by atoms with Gasteiger partial charge >= 0.3 is 0 Å². The van der Waals surface area contributed by atoms with E-state index >= 15 is 0 Å². The van der Waals surface area contributed by atoms with Crippen molar-refractivity contribution in [2.24, 2.45) is 0 Å². The lowest BCUT2D eigenvalue weighted by Crippen LogP contribution is -2.26. The highest BCUT2D eigenvalue weighted by Crippen LogP contribution is 2.19. The van der Waals surface area contributed by atoms with E-state index in [4.69, 9.17) is 15.3 Å². The Morgan fingerprint density at radius 3 is 2.25 bits per heavy atom. The van der Waals surface area contributed by atoms with Crippen molar-refractivity contribution in [1.82, 2.24) is 0 Å². The molecule has 4 nitrogen and oxygen atoms in total. The molecule has 0 heterocycles. The van der Waals surface area contributed by atoms with E-state index in [0.717, 1.165) is 24.8 Å². The molecule has 0 aliphatic heterocycles. The molecule has 0 aliphatic carbocycles. The third-order valence-electron chi connectivity index (χ3n) is 2.45. The molecule has 4 heteroatoms. The van der Waals surface area contributed by atoms with Gasteiger partial charge in [0.2, 0.25) is 0 Å². The number of aromatic hydroxyl groups is 1. The van der Waals surface area contributed by atoms with Crippen LogP contribution in [0.25, 0.3) is 0 Å². The highest BCUT2D eigenvalue weighted by Gasteiger charge is 2.16. The van der Waals surface area contributed by atoms with Crippen molar-refractivity contribution in [2.75, 3.05) is 0 Å². The molecule has 0 saturated heterocycles. The van der Waals surface area contributed by atoms with Gasteiger partial charge in [-0.15, -0.1) is 0 Å². The highest BCUT2D eigenvalue weighted by atomic mass is 16.7. The Kier molecular flexibility index (Phi) is 4.73. The fraction of sp³-hybridized carbons (Fsp3) is 0.500. The molecule has 0 amide bonds. The molecule has 16 heavy (non-hydrogen) atoms. The van der Waals surface area contributed by atoms with E-state index in [-0.39, 0.29) is 6.42 Å². The monoisotopic (exact) mass is 226 g/mol. The van der Waals surface area contributed by atoms with Crippen LogP contribution in [0.4, 0.5) is 0 Å². The number of aliphatic hydroxyl groups is 3. The summed E-state index contributed by atoms with van der Waals surface area (Å²) in [5.74, 6) is -2.25. The molecule has 0 atom stereocenters. The molecule has 1 rings (SSSR count). The van der Waals surface area contributed by atoms with Crippen molar-refractivity contribution < 1.29 is 20.4 Å². The Morgan fingerprint density at radius 2 is 1.62 bits per heavy atom. The summed E-state index contributed by atoms with van der Waals surface area (Å²) in [7, 11) is 0. The summed E-state index contributed by atoms with van der Waals surface area (Å²) in [5.41, 5.74) is 0.894. The number of hydrogen-bond acceptors (Lipinski definition) is 4. The summed E-state index contributed by atoms with van der Waals surface area (Å²) in [6, 6.07) is 7.16. The SMILES string of the molecule is Oc1ccccc1CCCCCC(O)(O)O. The van der Waals surface area contributed by atoms with E-state index in [1.807, 2.05) is 12.1 Å². The van der Waals surface area contributed by atoms with Gasteiger partial charge < -0.3 is 20.4 Å². The van der Waals surface area contributed by atoms with Crippen LogP contribution in [0.3, 0.4) is 0 Å². The Balaban J connectivity index is 2.19. The molecule has 0 spiro atoms. The van der Waals surface area contributed by atoms with Crippen molar-refractivity contribution in [2.45, 2.75) is 38.1 Å². The maximum atomic E-state index is 9.48. The van der Waals surface area contributed by atoms with Gasteiger partial charge in [0.05, 0.1) is 0 Å².